The fraction of sp³-hybridized carbons (Fsp3) is 0.538. The van der Waals surface area contributed by atoms with Gasteiger partial charge in [0.25, 0.3) is 28.2 Å². The number of nitrogen functional groups attached to an aromatic ring is 2. The molecule has 4 heterocycles. The maximum absolute atomic E-state index is 15.1. The first-order chi connectivity index (χ1) is 57.4. The molecule has 12 aromatic rings. The lowest BCUT2D eigenvalue weighted by Crippen LogP contribution is -2.33. The summed E-state index contributed by atoms with van der Waals surface area (Å²) in [4.78, 5) is 74.4. The number of non-ortho nitro benzene ring substituents is 2. The van der Waals surface area contributed by atoms with E-state index in [1.807, 2.05) is 42.5 Å². The van der Waals surface area contributed by atoms with Crippen LogP contribution in [0.2, 0.25) is 0 Å². The summed E-state index contributed by atoms with van der Waals surface area (Å²) in [5.74, 6) is 0. The Labute approximate surface area is 699 Å². The molecule has 0 unspecified atom stereocenters. The molecule has 0 atom stereocenters. The number of hydrogen-bond donors (Lipinski definition) is 2. The molecular weight excluding hydrogens is 1570 g/mol. The highest BCUT2D eigenvalue weighted by Gasteiger charge is 2.33. The van der Waals surface area contributed by atoms with Gasteiger partial charge in [0.2, 0.25) is 10.0 Å². The van der Waals surface area contributed by atoms with Crippen LogP contribution in [0, 0.1) is 30.3 Å². The minimum Gasteiger partial charge on any atom is -0.397 e. The molecule has 0 aliphatic carbocycles. The predicted molar refractivity (Wildman–Crippen MR) is 484 cm³/mol. The molecule has 12 rings (SSSR count). The van der Waals surface area contributed by atoms with Gasteiger partial charge in [-0.2, -0.15) is 17.1 Å². The fourth-order valence-corrected chi connectivity index (χ4v) is 19.7. The third kappa shape index (κ3) is 22.6. The van der Waals surface area contributed by atoms with Crippen LogP contribution >= 0.6 is 0 Å². The minimum atomic E-state index is -4.24. The van der Waals surface area contributed by atoms with Crippen LogP contribution < -0.4 is 22.6 Å². The van der Waals surface area contributed by atoms with Crippen molar-refractivity contribution in [2.45, 2.75) is 301 Å². The van der Waals surface area contributed by atoms with Crippen molar-refractivity contribution < 1.29 is 40.0 Å². The Balaban J connectivity index is 0.000000402. The molecule has 8 aromatic carbocycles. The second-order valence-corrected chi connectivity index (χ2v) is 37.2. The van der Waals surface area contributed by atoms with E-state index in [4.69, 9.17) is 21.4 Å². The Hall–Kier alpha value is -9.38. The van der Waals surface area contributed by atoms with E-state index in [0.29, 0.717) is 82.4 Å². The molecule has 0 fully saturated rings. The number of nitrogens with two attached hydrogens (primary N) is 2. The summed E-state index contributed by atoms with van der Waals surface area (Å²) in [7, 11) is -9.98. The number of nitro benzene ring substituents is 3. The van der Waals surface area contributed by atoms with Crippen molar-refractivity contribution in [2.24, 2.45) is 4.36 Å². The molecule has 0 bridgehead atoms. The Bertz CT molecular complexity index is 5960. The first-order valence-electron chi connectivity index (χ1n) is 43.9. The number of fused-ring (bicyclic) bond motifs is 10. The van der Waals surface area contributed by atoms with Gasteiger partial charge in [-0.3, -0.25) is 48.7 Å². The molecule has 0 saturated carbocycles. The monoisotopic (exact) mass is 1690 g/mol. The summed E-state index contributed by atoms with van der Waals surface area (Å²) in [6.45, 7) is 10.00. The number of imidazole rings is 2. The van der Waals surface area contributed by atoms with Crippen LogP contribution in [0.25, 0.3) is 98.0 Å². The van der Waals surface area contributed by atoms with E-state index < -0.39 is 67.6 Å². The maximum Gasteiger partial charge on any atom is 0.311 e. The highest BCUT2D eigenvalue weighted by Crippen LogP contribution is 2.47. The van der Waals surface area contributed by atoms with Gasteiger partial charge in [-0.15, -0.1) is 0 Å². The number of sulfonamides is 1. The van der Waals surface area contributed by atoms with Gasteiger partial charge in [0.1, 0.15) is 17.0 Å². The molecule has 0 saturated heterocycles. The molecule has 25 nitrogen and oxygen atoms in total. The van der Waals surface area contributed by atoms with Crippen LogP contribution in [0.15, 0.2) is 109 Å². The first-order valence-corrected chi connectivity index (χ1v) is 48.3. The van der Waals surface area contributed by atoms with Crippen molar-refractivity contribution in [1.29, 1.82) is 0 Å². The topological polar surface area (TPSA) is 368 Å². The Morgan fingerprint density at radius 1 is 0.403 bits per heavy atom. The normalized spacial score (nSPS) is 12.2. The highest BCUT2D eigenvalue weighted by atomic mass is 32.2. The van der Waals surface area contributed by atoms with E-state index in [0.717, 1.165) is 133 Å². The van der Waals surface area contributed by atoms with Crippen LogP contribution in [0.3, 0.4) is 0 Å². The zero-order chi connectivity index (χ0) is 85.3. The molecule has 0 aliphatic rings. The van der Waals surface area contributed by atoms with Gasteiger partial charge >= 0.3 is 10.5 Å². The molecule has 0 amide bonds. The third-order valence-corrected chi connectivity index (χ3v) is 27.0. The number of sulfone groups is 1. The summed E-state index contributed by atoms with van der Waals surface area (Å²) < 4.78 is 80.0. The average Bonchev–Trinajstić information content (AvgIpc) is 1.68. The quantitative estimate of drug-likeness (QED) is 0.00893. The summed E-state index contributed by atoms with van der Waals surface area (Å²) >= 11 is 0. The molecule has 119 heavy (non-hydrogen) atoms. The molecular formula is C91H121N11O14S3. The van der Waals surface area contributed by atoms with Crippen molar-refractivity contribution in [3.05, 3.63) is 142 Å². The lowest BCUT2D eigenvalue weighted by Gasteiger charge is -2.22. The van der Waals surface area contributed by atoms with E-state index in [2.05, 4.69) is 32.1 Å². The molecule has 642 valence electrons. The summed E-state index contributed by atoms with van der Waals surface area (Å²) in [6, 6.07) is 23.1. The number of nitrogens with zero attached hydrogens (tertiary/aromatic N) is 9. The first kappa shape index (κ1) is 91.9. The van der Waals surface area contributed by atoms with E-state index in [9.17, 15) is 60.4 Å². The molecule has 4 aromatic heterocycles. The number of pyridine rings is 2. The predicted octanol–water partition coefficient (Wildman–Crippen LogP) is 23.5. The average molecular weight is 1690 g/mol. The van der Waals surface area contributed by atoms with Crippen LogP contribution in [0.5, 0.6) is 0 Å². The van der Waals surface area contributed by atoms with Gasteiger partial charge in [0.05, 0.1) is 47.8 Å². The SMILES string of the molecule is CCCCCCCCCCCCN=S(=O)=O.CCCCCCCCCCCCc1cc([N+](=O)[O-])c2c(c1)nc1c3ccc4c5ccc6c(=O)n7c(nc8cc(S(=O)(=O)N(CCCCCCCCCCCC)CCCCCCCCCCCC)cc([N+](=O)[O-])c87)c7ccc(c8ccc(c(=O)n12)c3c48)c5c67.CS(=O)(=O)c1cc(N)c(N)c([N+](=O)[O-])c1. The minimum absolute atomic E-state index is 0.0438. The van der Waals surface area contributed by atoms with Crippen molar-refractivity contribution in [3.8, 4) is 0 Å². The number of benzene rings is 8. The summed E-state index contributed by atoms with van der Waals surface area (Å²) in [5.41, 5.74) is 10.2. The van der Waals surface area contributed by atoms with E-state index in [1.165, 1.54) is 193 Å². The van der Waals surface area contributed by atoms with Gasteiger partial charge in [0.15, 0.2) is 20.9 Å². The summed E-state index contributed by atoms with van der Waals surface area (Å²) in [5, 5.41) is 44.7. The van der Waals surface area contributed by atoms with Gasteiger partial charge in [0, 0.05) is 69.9 Å². The van der Waals surface area contributed by atoms with Gasteiger partial charge in [-0.25, -0.2) is 26.8 Å². The second kappa shape index (κ2) is 44.2. The van der Waals surface area contributed by atoms with Gasteiger partial charge in [-0.1, -0.05) is 283 Å². The van der Waals surface area contributed by atoms with Crippen molar-refractivity contribution in [3.63, 3.8) is 0 Å². The van der Waals surface area contributed by atoms with Crippen LogP contribution in [0.1, 0.15) is 290 Å². The van der Waals surface area contributed by atoms with Gasteiger partial charge in [-0.05, 0) is 112 Å². The number of rotatable bonds is 50. The van der Waals surface area contributed by atoms with Crippen LogP contribution in [-0.4, -0.2) is 89.0 Å². The van der Waals surface area contributed by atoms with Crippen molar-refractivity contribution >= 4 is 157 Å². The van der Waals surface area contributed by atoms with Gasteiger partial charge < -0.3 is 11.5 Å². The maximum atomic E-state index is 15.1. The number of nitro groups is 3. The molecule has 0 radical (unpaired) electrons. The van der Waals surface area contributed by atoms with Crippen LogP contribution in [-0.2, 0) is 36.8 Å². The summed E-state index contributed by atoms with van der Waals surface area (Å²) in [6.07, 6.45) is 48.3. The number of hydrogen-bond acceptors (Lipinski definition) is 19. The lowest BCUT2D eigenvalue weighted by molar-refractivity contribution is -0.384. The van der Waals surface area contributed by atoms with E-state index >= 15 is 4.79 Å². The Morgan fingerprint density at radius 2 is 0.723 bits per heavy atom. The van der Waals surface area contributed by atoms with Crippen LogP contribution in [0.4, 0.5) is 28.4 Å². The molecule has 28 heteroatoms. The molecule has 0 aliphatic heterocycles. The smallest absolute Gasteiger partial charge is 0.311 e. The number of anilines is 2. The number of unbranched alkanes of at least 4 members (excludes halogenated alkanes) is 36. The lowest BCUT2D eigenvalue weighted by atomic mass is 9.86. The standard InChI is InChI=1S/C72H87N7O8S.C12H25NO2S.C7H9N3O4S/c1-4-7-10-13-16-19-22-25-28-31-34-49-45-59-67(61(46-49)78(82)83)76-69(73-59)55-39-35-51-54-38-42-58-66-56(40-36-52(64(54)66)53-37-41-57(71(76)80)65(55)63(51)53)70-74-60-47-50(48-62(79(84)85)68(60)77(70)72(58)81)88(86,87)75(43-32-29-26-23-20-17-14-11-8-5-2)44-33-30-27-24-21-18-15-12-9-6-3;1-2-3-4-5-6-7-8-9-10-11-12-13-16(14)15;1-15(13,14)4-2-5(8)7(9)6(3-4)10(11)12/h35-42,45-48H,4-34,43-44H2,1-3H3;2-12H2,1H3;2-3H,8-9H2,1H3. The van der Waals surface area contributed by atoms with Crippen molar-refractivity contribution in [1.82, 2.24) is 23.1 Å². The third-order valence-electron chi connectivity index (χ3n) is 23.6. The number of aromatic nitrogens is 4. The molecule has 0 spiro atoms. The highest BCUT2D eigenvalue weighted by molar-refractivity contribution is 7.90. The zero-order valence-corrected chi connectivity index (χ0v) is 72.8. The second-order valence-electron chi connectivity index (χ2n) is 32.5. The fourth-order valence-electron chi connectivity index (χ4n) is 17.2. The van der Waals surface area contributed by atoms with Crippen molar-refractivity contribution in [2.75, 3.05) is 37.4 Å². The molecule has 4 N–H and O–H groups in total. The van der Waals surface area contributed by atoms with E-state index in [-0.39, 0.29) is 49.1 Å². The zero-order valence-electron chi connectivity index (χ0n) is 70.3. The number of aryl methyl sites for hydroxylation is 1. The van der Waals surface area contributed by atoms with E-state index in [1.54, 1.807) is 18.2 Å². The Kier molecular flexibility index (Phi) is 34.2. The largest absolute Gasteiger partial charge is 0.397 e. The Morgan fingerprint density at radius 3 is 1.09 bits per heavy atom.